The summed E-state index contributed by atoms with van der Waals surface area (Å²) in [5.41, 5.74) is 3.46. The monoisotopic (exact) mass is 336 g/mol. The van der Waals surface area contributed by atoms with Gasteiger partial charge in [-0.2, -0.15) is 5.10 Å². The van der Waals surface area contributed by atoms with Crippen LogP contribution in [-0.2, 0) is 6.54 Å². The Labute approximate surface area is 146 Å². The largest absolute Gasteiger partial charge is 0.395 e. The minimum absolute atomic E-state index is 0.0743. The van der Waals surface area contributed by atoms with E-state index in [9.17, 15) is 4.79 Å². The summed E-state index contributed by atoms with van der Waals surface area (Å²) in [5, 5.41) is 19.1. The van der Waals surface area contributed by atoms with Gasteiger partial charge in [-0.15, -0.1) is 0 Å². The number of nitrogens with one attached hydrogen (secondary N) is 2. The maximum atomic E-state index is 11.9. The van der Waals surface area contributed by atoms with Crippen molar-refractivity contribution in [3.05, 3.63) is 78.1 Å². The molecule has 1 amide bonds. The van der Waals surface area contributed by atoms with E-state index in [0.29, 0.717) is 12.1 Å². The molecule has 1 heterocycles. The summed E-state index contributed by atoms with van der Waals surface area (Å²) in [4.78, 5) is 11.9. The van der Waals surface area contributed by atoms with Crippen LogP contribution in [0.4, 0.5) is 5.69 Å². The molecule has 0 bridgehead atoms. The van der Waals surface area contributed by atoms with Gasteiger partial charge in [-0.05, 0) is 30.3 Å². The topological polar surface area (TPSA) is 79.2 Å². The average molecular weight is 336 g/mol. The number of carbonyl (C=O) groups is 1. The lowest BCUT2D eigenvalue weighted by molar-refractivity contribution is 0.0945. The molecule has 1 aromatic heterocycles. The quantitative estimate of drug-likeness (QED) is 0.618. The zero-order valence-electron chi connectivity index (χ0n) is 13.7. The number of benzene rings is 2. The number of para-hydroxylation sites is 1. The molecule has 0 unspecified atom stereocenters. The van der Waals surface area contributed by atoms with E-state index in [1.165, 1.54) is 0 Å². The summed E-state index contributed by atoms with van der Waals surface area (Å²) in [6.07, 6.45) is 3.79. The van der Waals surface area contributed by atoms with Gasteiger partial charge in [-0.3, -0.25) is 4.79 Å². The molecule has 0 atom stereocenters. The first-order chi connectivity index (χ1) is 12.3. The van der Waals surface area contributed by atoms with E-state index in [-0.39, 0.29) is 19.1 Å². The first-order valence-electron chi connectivity index (χ1n) is 8.08. The van der Waals surface area contributed by atoms with Gasteiger partial charge >= 0.3 is 0 Å². The van der Waals surface area contributed by atoms with Crippen molar-refractivity contribution in [1.82, 2.24) is 15.1 Å². The van der Waals surface area contributed by atoms with E-state index >= 15 is 0 Å². The molecule has 0 spiro atoms. The Morgan fingerprint density at radius 1 is 1.12 bits per heavy atom. The molecule has 0 saturated heterocycles. The van der Waals surface area contributed by atoms with Gasteiger partial charge in [0.25, 0.3) is 5.91 Å². The van der Waals surface area contributed by atoms with Crippen LogP contribution in [0.1, 0.15) is 15.9 Å². The molecule has 0 aliphatic heterocycles. The van der Waals surface area contributed by atoms with E-state index in [2.05, 4.69) is 15.7 Å². The van der Waals surface area contributed by atoms with Crippen LogP contribution >= 0.6 is 0 Å². The second kappa shape index (κ2) is 8.12. The third-order valence-corrected chi connectivity index (χ3v) is 3.68. The Hall–Kier alpha value is -3.12. The molecule has 0 aliphatic rings. The van der Waals surface area contributed by atoms with Crippen molar-refractivity contribution in [2.24, 2.45) is 0 Å². The van der Waals surface area contributed by atoms with Crippen LogP contribution < -0.4 is 10.6 Å². The molecule has 3 aromatic rings. The van der Waals surface area contributed by atoms with Crippen LogP contribution in [-0.4, -0.2) is 33.9 Å². The summed E-state index contributed by atoms with van der Waals surface area (Å²) < 4.78 is 1.83. The van der Waals surface area contributed by atoms with Crippen LogP contribution in [0.3, 0.4) is 0 Å². The van der Waals surface area contributed by atoms with E-state index in [1.807, 2.05) is 59.5 Å². The third kappa shape index (κ3) is 4.45. The highest BCUT2D eigenvalue weighted by molar-refractivity contribution is 5.95. The first kappa shape index (κ1) is 16.7. The Kier molecular flexibility index (Phi) is 5.43. The van der Waals surface area contributed by atoms with Gasteiger partial charge in [0.1, 0.15) is 0 Å². The van der Waals surface area contributed by atoms with E-state index in [0.717, 1.165) is 16.9 Å². The zero-order valence-corrected chi connectivity index (χ0v) is 13.7. The molecular formula is C19H20N4O2. The van der Waals surface area contributed by atoms with Crippen molar-refractivity contribution in [2.75, 3.05) is 18.5 Å². The number of hydrogen-bond acceptors (Lipinski definition) is 4. The van der Waals surface area contributed by atoms with Gasteiger partial charge in [-0.1, -0.05) is 24.3 Å². The highest BCUT2D eigenvalue weighted by Gasteiger charge is 2.06. The van der Waals surface area contributed by atoms with Crippen molar-refractivity contribution in [1.29, 1.82) is 0 Å². The molecule has 6 heteroatoms. The van der Waals surface area contributed by atoms with Gasteiger partial charge in [0.05, 0.1) is 18.5 Å². The fraction of sp³-hybridized carbons (Fsp3) is 0.158. The number of carbonyl (C=O) groups excluding carboxylic acids is 1. The predicted molar refractivity (Wildman–Crippen MR) is 96.8 cm³/mol. The average Bonchev–Trinajstić information content (AvgIpc) is 3.14. The number of hydrogen-bond donors (Lipinski definition) is 3. The molecule has 0 saturated carbocycles. The minimum atomic E-state index is -0.199. The first-order valence-corrected chi connectivity index (χ1v) is 8.08. The fourth-order valence-corrected chi connectivity index (χ4v) is 2.42. The predicted octanol–water partition coefficient (Wildman–Crippen LogP) is 2.21. The van der Waals surface area contributed by atoms with Crippen LogP contribution in [0.5, 0.6) is 0 Å². The standard InChI is InChI=1S/C19H20N4O2/c24-10-9-20-19(25)16-5-4-6-17(11-16)21-12-15-13-22-23(14-15)18-7-2-1-3-8-18/h1-8,11,13-14,21,24H,9-10,12H2,(H,20,25). The second-order valence-corrected chi connectivity index (χ2v) is 5.54. The Morgan fingerprint density at radius 3 is 2.76 bits per heavy atom. The number of nitrogens with zero attached hydrogens (tertiary/aromatic N) is 2. The molecule has 2 aromatic carbocycles. The SMILES string of the molecule is O=C(NCCO)c1cccc(NCc2cnn(-c3ccccc3)c2)c1. The van der Waals surface area contributed by atoms with Crippen molar-refractivity contribution in [3.8, 4) is 5.69 Å². The summed E-state index contributed by atoms with van der Waals surface area (Å²) in [7, 11) is 0. The zero-order chi connectivity index (χ0) is 17.5. The normalized spacial score (nSPS) is 10.4. The van der Waals surface area contributed by atoms with E-state index in [4.69, 9.17) is 5.11 Å². The molecular weight excluding hydrogens is 316 g/mol. The number of amides is 1. The Bertz CT molecular complexity index is 830. The molecule has 0 aliphatic carbocycles. The molecule has 0 radical (unpaired) electrons. The highest BCUT2D eigenvalue weighted by Crippen LogP contribution is 2.13. The van der Waals surface area contributed by atoms with Crippen molar-refractivity contribution >= 4 is 11.6 Å². The van der Waals surface area contributed by atoms with E-state index < -0.39 is 0 Å². The number of aliphatic hydroxyl groups excluding tert-OH is 1. The Balaban J connectivity index is 1.62. The summed E-state index contributed by atoms with van der Waals surface area (Å²) in [5.74, 6) is -0.199. The second-order valence-electron chi connectivity index (χ2n) is 5.54. The summed E-state index contributed by atoms with van der Waals surface area (Å²) in [6.45, 7) is 0.777. The van der Waals surface area contributed by atoms with Gasteiger partial charge in [-0.25, -0.2) is 4.68 Å². The van der Waals surface area contributed by atoms with Crippen molar-refractivity contribution < 1.29 is 9.90 Å². The van der Waals surface area contributed by atoms with Gasteiger partial charge in [0, 0.05) is 36.1 Å². The number of aromatic nitrogens is 2. The highest BCUT2D eigenvalue weighted by atomic mass is 16.3. The van der Waals surface area contributed by atoms with Crippen LogP contribution in [0.25, 0.3) is 5.69 Å². The van der Waals surface area contributed by atoms with E-state index in [1.54, 1.807) is 12.1 Å². The molecule has 25 heavy (non-hydrogen) atoms. The minimum Gasteiger partial charge on any atom is -0.395 e. The summed E-state index contributed by atoms with van der Waals surface area (Å²) >= 11 is 0. The molecule has 3 rings (SSSR count). The lowest BCUT2D eigenvalue weighted by atomic mass is 10.2. The maximum absolute atomic E-state index is 11.9. The number of rotatable bonds is 7. The van der Waals surface area contributed by atoms with Crippen LogP contribution in [0, 0.1) is 0 Å². The maximum Gasteiger partial charge on any atom is 0.251 e. The smallest absolute Gasteiger partial charge is 0.251 e. The number of aliphatic hydroxyl groups is 1. The summed E-state index contributed by atoms with van der Waals surface area (Å²) in [6, 6.07) is 17.2. The Morgan fingerprint density at radius 2 is 1.96 bits per heavy atom. The van der Waals surface area contributed by atoms with Crippen LogP contribution in [0.15, 0.2) is 67.0 Å². The molecule has 0 fully saturated rings. The van der Waals surface area contributed by atoms with Crippen molar-refractivity contribution in [3.63, 3.8) is 0 Å². The van der Waals surface area contributed by atoms with Crippen LogP contribution in [0.2, 0.25) is 0 Å². The molecule has 3 N–H and O–H groups in total. The third-order valence-electron chi connectivity index (χ3n) is 3.68. The van der Waals surface area contributed by atoms with Gasteiger partial charge < -0.3 is 15.7 Å². The van der Waals surface area contributed by atoms with Gasteiger partial charge in [0.2, 0.25) is 0 Å². The van der Waals surface area contributed by atoms with Crippen molar-refractivity contribution in [2.45, 2.75) is 6.54 Å². The fourth-order valence-electron chi connectivity index (χ4n) is 2.42. The molecule has 6 nitrogen and oxygen atoms in total. The lowest BCUT2D eigenvalue weighted by Crippen LogP contribution is -2.26. The van der Waals surface area contributed by atoms with Gasteiger partial charge in [0.15, 0.2) is 0 Å². The number of anilines is 1. The lowest BCUT2D eigenvalue weighted by Gasteiger charge is -2.08. The molecule has 128 valence electrons.